The summed E-state index contributed by atoms with van der Waals surface area (Å²) in [5.41, 5.74) is 5.04. The molecular formula is C13H18FN3O3. The molecule has 0 spiro atoms. The molecule has 0 saturated heterocycles. The predicted octanol–water partition coefficient (Wildman–Crippen LogP) is 0.924. The molecule has 7 heteroatoms. The van der Waals surface area contributed by atoms with Crippen LogP contribution in [0.2, 0.25) is 0 Å². The van der Waals surface area contributed by atoms with Gasteiger partial charge in [-0.2, -0.15) is 0 Å². The molecule has 0 heterocycles. The van der Waals surface area contributed by atoms with Gasteiger partial charge >= 0.3 is 5.97 Å². The molecule has 1 atom stereocenters. The van der Waals surface area contributed by atoms with Crippen molar-refractivity contribution in [3.05, 3.63) is 23.5 Å². The second kappa shape index (κ2) is 6.23. The SMILES string of the molecule is CNC(=O)C(C)CN(C)c1ccc(F)c(N)c1C(=O)O. The molecule has 1 aromatic rings. The molecule has 0 saturated carbocycles. The van der Waals surface area contributed by atoms with Gasteiger partial charge in [0.25, 0.3) is 0 Å². The number of carbonyl (C=O) groups excluding carboxylic acids is 1. The summed E-state index contributed by atoms with van der Waals surface area (Å²) in [4.78, 5) is 24.3. The molecular weight excluding hydrogens is 265 g/mol. The second-order valence-corrected chi connectivity index (χ2v) is 4.56. The van der Waals surface area contributed by atoms with Crippen molar-refractivity contribution in [1.29, 1.82) is 0 Å². The summed E-state index contributed by atoms with van der Waals surface area (Å²) < 4.78 is 13.4. The zero-order valence-corrected chi connectivity index (χ0v) is 11.6. The van der Waals surface area contributed by atoms with E-state index in [-0.39, 0.29) is 29.6 Å². The van der Waals surface area contributed by atoms with Gasteiger partial charge in [-0.1, -0.05) is 6.92 Å². The summed E-state index contributed by atoms with van der Waals surface area (Å²) in [5.74, 6) is -2.60. The Morgan fingerprint density at radius 1 is 1.50 bits per heavy atom. The Morgan fingerprint density at radius 3 is 2.60 bits per heavy atom. The van der Waals surface area contributed by atoms with Crippen LogP contribution in [0.15, 0.2) is 12.1 Å². The normalized spacial score (nSPS) is 11.8. The number of carbonyl (C=O) groups is 2. The largest absolute Gasteiger partial charge is 0.478 e. The van der Waals surface area contributed by atoms with E-state index in [1.54, 1.807) is 18.9 Å². The van der Waals surface area contributed by atoms with Gasteiger partial charge in [0.05, 0.1) is 17.3 Å². The number of hydrogen-bond acceptors (Lipinski definition) is 4. The van der Waals surface area contributed by atoms with E-state index in [4.69, 9.17) is 10.8 Å². The lowest BCUT2D eigenvalue weighted by molar-refractivity contribution is -0.123. The number of carboxylic acid groups (broad SMARTS) is 1. The number of nitrogen functional groups attached to an aromatic ring is 1. The van der Waals surface area contributed by atoms with Crippen LogP contribution in [0.3, 0.4) is 0 Å². The molecule has 0 radical (unpaired) electrons. The summed E-state index contributed by atoms with van der Waals surface area (Å²) >= 11 is 0. The molecule has 6 nitrogen and oxygen atoms in total. The summed E-state index contributed by atoms with van der Waals surface area (Å²) in [5, 5.41) is 11.7. The van der Waals surface area contributed by atoms with E-state index < -0.39 is 17.5 Å². The van der Waals surface area contributed by atoms with E-state index in [1.807, 2.05) is 0 Å². The van der Waals surface area contributed by atoms with Crippen LogP contribution in [0.4, 0.5) is 15.8 Å². The standard InChI is InChI=1S/C13H18FN3O3/c1-7(12(18)16-2)6-17(3)9-5-4-8(14)11(15)10(9)13(19)20/h4-5,7H,6,15H2,1-3H3,(H,16,18)(H,19,20). The highest BCUT2D eigenvalue weighted by Gasteiger charge is 2.22. The molecule has 1 unspecified atom stereocenters. The van der Waals surface area contributed by atoms with E-state index in [2.05, 4.69) is 5.32 Å². The van der Waals surface area contributed by atoms with Crippen molar-refractivity contribution in [1.82, 2.24) is 5.32 Å². The Labute approximate surface area is 116 Å². The first-order valence-corrected chi connectivity index (χ1v) is 6.03. The number of aromatic carboxylic acids is 1. The fourth-order valence-corrected chi connectivity index (χ4v) is 1.96. The minimum Gasteiger partial charge on any atom is -0.478 e. The number of nitrogens with zero attached hydrogens (tertiary/aromatic N) is 1. The molecule has 0 aliphatic carbocycles. The Balaban J connectivity index is 3.10. The van der Waals surface area contributed by atoms with Crippen LogP contribution >= 0.6 is 0 Å². The molecule has 4 N–H and O–H groups in total. The highest BCUT2D eigenvalue weighted by molar-refractivity contribution is 6.00. The fourth-order valence-electron chi connectivity index (χ4n) is 1.96. The van der Waals surface area contributed by atoms with E-state index >= 15 is 0 Å². The topological polar surface area (TPSA) is 95.7 Å². The Morgan fingerprint density at radius 2 is 2.10 bits per heavy atom. The lowest BCUT2D eigenvalue weighted by atomic mass is 10.1. The number of nitrogens with two attached hydrogens (primary N) is 1. The number of hydrogen-bond donors (Lipinski definition) is 3. The maximum Gasteiger partial charge on any atom is 0.340 e. The number of benzene rings is 1. The molecule has 0 fully saturated rings. The van der Waals surface area contributed by atoms with Crippen molar-refractivity contribution in [2.45, 2.75) is 6.92 Å². The van der Waals surface area contributed by atoms with Crippen LogP contribution in [0.25, 0.3) is 0 Å². The lowest BCUT2D eigenvalue weighted by Gasteiger charge is -2.24. The van der Waals surface area contributed by atoms with E-state index in [0.717, 1.165) is 6.07 Å². The highest BCUT2D eigenvalue weighted by Crippen LogP contribution is 2.28. The second-order valence-electron chi connectivity index (χ2n) is 4.56. The number of rotatable bonds is 5. The first-order valence-electron chi connectivity index (χ1n) is 6.03. The number of carboxylic acids is 1. The lowest BCUT2D eigenvalue weighted by Crippen LogP contribution is -2.35. The summed E-state index contributed by atoms with van der Waals surface area (Å²) in [7, 11) is 3.15. The minimum absolute atomic E-state index is 0.163. The van der Waals surface area contributed by atoms with Crippen molar-refractivity contribution in [3.63, 3.8) is 0 Å². The Kier molecular flexibility index (Phi) is 4.90. The molecule has 0 aliphatic heterocycles. The smallest absolute Gasteiger partial charge is 0.340 e. The van der Waals surface area contributed by atoms with Crippen molar-refractivity contribution in [2.24, 2.45) is 5.92 Å². The van der Waals surface area contributed by atoms with Crippen molar-refractivity contribution >= 4 is 23.3 Å². The number of halogens is 1. The third kappa shape index (κ3) is 3.17. The molecule has 20 heavy (non-hydrogen) atoms. The predicted molar refractivity (Wildman–Crippen MR) is 74.3 cm³/mol. The van der Waals surface area contributed by atoms with E-state index in [0.29, 0.717) is 0 Å². The van der Waals surface area contributed by atoms with Crippen LogP contribution in [0.1, 0.15) is 17.3 Å². The van der Waals surface area contributed by atoms with E-state index in [1.165, 1.54) is 13.1 Å². The molecule has 1 amide bonds. The van der Waals surface area contributed by atoms with Crippen molar-refractivity contribution in [2.75, 3.05) is 31.3 Å². The van der Waals surface area contributed by atoms with Crippen LogP contribution in [0.5, 0.6) is 0 Å². The van der Waals surface area contributed by atoms with Crippen LogP contribution in [-0.2, 0) is 4.79 Å². The van der Waals surface area contributed by atoms with Gasteiger partial charge in [-0.05, 0) is 12.1 Å². The van der Waals surface area contributed by atoms with Crippen LogP contribution in [0, 0.1) is 11.7 Å². The maximum absolute atomic E-state index is 13.4. The highest BCUT2D eigenvalue weighted by atomic mass is 19.1. The molecule has 0 aromatic heterocycles. The number of anilines is 2. The van der Waals surface area contributed by atoms with Crippen LogP contribution in [-0.4, -0.2) is 37.6 Å². The molecule has 1 aromatic carbocycles. The van der Waals surface area contributed by atoms with Gasteiger partial charge in [0.2, 0.25) is 5.91 Å². The monoisotopic (exact) mass is 283 g/mol. The van der Waals surface area contributed by atoms with Gasteiger partial charge in [-0.15, -0.1) is 0 Å². The quantitative estimate of drug-likeness (QED) is 0.698. The zero-order valence-electron chi connectivity index (χ0n) is 11.6. The van der Waals surface area contributed by atoms with Gasteiger partial charge < -0.3 is 21.1 Å². The molecule has 1 rings (SSSR count). The third-order valence-electron chi connectivity index (χ3n) is 3.04. The van der Waals surface area contributed by atoms with Gasteiger partial charge in [-0.25, -0.2) is 9.18 Å². The maximum atomic E-state index is 13.4. The zero-order chi connectivity index (χ0) is 15.4. The van der Waals surface area contributed by atoms with Gasteiger partial charge in [0.15, 0.2) is 0 Å². The van der Waals surface area contributed by atoms with Gasteiger partial charge in [0.1, 0.15) is 11.4 Å². The first kappa shape index (κ1) is 15.7. The Bertz CT molecular complexity index is 534. The molecule has 0 bridgehead atoms. The summed E-state index contributed by atoms with van der Waals surface area (Å²) in [6.07, 6.45) is 0. The molecule has 0 aliphatic rings. The van der Waals surface area contributed by atoms with Crippen LogP contribution < -0.4 is 16.0 Å². The Hall–Kier alpha value is -2.31. The first-order chi connectivity index (χ1) is 9.29. The average Bonchev–Trinajstić information content (AvgIpc) is 2.39. The van der Waals surface area contributed by atoms with E-state index in [9.17, 15) is 14.0 Å². The van der Waals surface area contributed by atoms with Crippen molar-refractivity contribution in [3.8, 4) is 0 Å². The number of amides is 1. The minimum atomic E-state index is -1.31. The van der Waals surface area contributed by atoms with Gasteiger partial charge in [-0.3, -0.25) is 4.79 Å². The molecule has 110 valence electrons. The van der Waals surface area contributed by atoms with Gasteiger partial charge in [0, 0.05) is 20.6 Å². The average molecular weight is 283 g/mol. The number of nitrogens with one attached hydrogen (secondary N) is 1. The third-order valence-corrected chi connectivity index (χ3v) is 3.04. The van der Waals surface area contributed by atoms with Crippen molar-refractivity contribution < 1.29 is 19.1 Å². The summed E-state index contributed by atoms with van der Waals surface area (Å²) in [6, 6.07) is 2.45. The fraction of sp³-hybridized carbons (Fsp3) is 0.385. The summed E-state index contributed by atoms with van der Waals surface area (Å²) in [6.45, 7) is 1.99.